The highest BCUT2D eigenvalue weighted by atomic mass is 16.2. The molecule has 4 heteroatoms. The highest BCUT2D eigenvalue weighted by Gasteiger charge is 2.18. The average Bonchev–Trinajstić information content (AvgIpc) is 2.17. The van der Waals surface area contributed by atoms with E-state index < -0.39 is 0 Å². The molecule has 4 nitrogen and oxygen atoms in total. The zero-order valence-corrected chi connectivity index (χ0v) is 9.26. The Morgan fingerprint density at radius 3 is 2.67 bits per heavy atom. The molecule has 0 spiro atoms. The third kappa shape index (κ3) is 3.23. The lowest BCUT2D eigenvalue weighted by Gasteiger charge is -2.24. The van der Waals surface area contributed by atoms with Crippen LogP contribution in [-0.2, 0) is 0 Å². The number of nitrogens with one attached hydrogen (secondary N) is 2. The second-order valence-corrected chi connectivity index (χ2v) is 4.12. The Morgan fingerprint density at radius 1 is 1.47 bits per heavy atom. The number of pyridine rings is 1. The van der Waals surface area contributed by atoms with E-state index in [1.807, 2.05) is 20.8 Å². The van der Waals surface area contributed by atoms with E-state index in [4.69, 9.17) is 0 Å². The van der Waals surface area contributed by atoms with Gasteiger partial charge >= 0.3 is 0 Å². The topological polar surface area (TPSA) is 62.0 Å². The van der Waals surface area contributed by atoms with Crippen molar-refractivity contribution in [1.29, 1.82) is 0 Å². The number of carbonyl (C=O) groups is 1. The first kappa shape index (κ1) is 11.5. The maximum atomic E-state index is 11.7. The highest BCUT2D eigenvalue weighted by Crippen LogP contribution is 2.07. The fourth-order valence-electron chi connectivity index (χ4n) is 1.04. The summed E-state index contributed by atoms with van der Waals surface area (Å²) in [6, 6.07) is 4.52. The summed E-state index contributed by atoms with van der Waals surface area (Å²) < 4.78 is 0. The van der Waals surface area contributed by atoms with Crippen molar-refractivity contribution in [2.24, 2.45) is 0 Å². The second kappa shape index (κ2) is 4.29. The molecule has 0 atom stereocenters. The largest absolute Gasteiger partial charge is 0.346 e. The molecule has 0 bridgehead atoms. The van der Waals surface area contributed by atoms with Gasteiger partial charge in [-0.1, -0.05) is 13.0 Å². The van der Waals surface area contributed by atoms with Crippen LogP contribution in [0.4, 0.5) is 0 Å². The normalized spacial score (nSPS) is 11.1. The van der Waals surface area contributed by atoms with Gasteiger partial charge in [0, 0.05) is 11.6 Å². The van der Waals surface area contributed by atoms with Crippen molar-refractivity contribution in [2.45, 2.75) is 32.7 Å². The minimum Gasteiger partial charge on any atom is -0.346 e. The van der Waals surface area contributed by atoms with E-state index in [-0.39, 0.29) is 17.0 Å². The number of hydrogen-bond donors (Lipinski definition) is 2. The summed E-state index contributed by atoms with van der Waals surface area (Å²) in [7, 11) is 0. The first-order valence-electron chi connectivity index (χ1n) is 4.96. The Bertz CT molecular complexity index is 407. The van der Waals surface area contributed by atoms with Crippen LogP contribution in [0.15, 0.2) is 23.0 Å². The van der Waals surface area contributed by atoms with Crippen molar-refractivity contribution in [3.05, 3.63) is 34.2 Å². The Balaban J connectivity index is 2.83. The molecule has 0 aliphatic rings. The van der Waals surface area contributed by atoms with Gasteiger partial charge in [-0.05, 0) is 26.3 Å². The quantitative estimate of drug-likeness (QED) is 0.786. The summed E-state index contributed by atoms with van der Waals surface area (Å²) in [6.07, 6.45) is 0.829. The summed E-state index contributed by atoms with van der Waals surface area (Å²) in [4.78, 5) is 25.2. The molecule has 0 aromatic carbocycles. The molecule has 0 radical (unpaired) electrons. The molecule has 1 heterocycles. The van der Waals surface area contributed by atoms with Crippen LogP contribution in [0.3, 0.4) is 0 Å². The molecular weight excluding hydrogens is 192 g/mol. The number of aromatic amines is 1. The van der Waals surface area contributed by atoms with Gasteiger partial charge in [0.2, 0.25) is 5.56 Å². The fraction of sp³-hybridized carbons (Fsp3) is 0.455. The smallest absolute Gasteiger partial charge is 0.268 e. The monoisotopic (exact) mass is 208 g/mol. The molecule has 2 N–H and O–H groups in total. The summed E-state index contributed by atoms with van der Waals surface area (Å²) in [5, 5.41) is 2.84. The van der Waals surface area contributed by atoms with E-state index in [2.05, 4.69) is 10.3 Å². The molecule has 0 unspecified atom stereocenters. The van der Waals surface area contributed by atoms with Gasteiger partial charge in [-0.2, -0.15) is 0 Å². The van der Waals surface area contributed by atoms with Crippen LogP contribution in [0.1, 0.15) is 37.7 Å². The maximum absolute atomic E-state index is 11.7. The number of amides is 1. The van der Waals surface area contributed by atoms with Crippen molar-refractivity contribution in [1.82, 2.24) is 10.3 Å². The zero-order valence-electron chi connectivity index (χ0n) is 9.26. The van der Waals surface area contributed by atoms with E-state index in [0.29, 0.717) is 5.69 Å². The van der Waals surface area contributed by atoms with E-state index in [1.54, 1.807) is 12.1 Å². The molecule has 0 aliphatic carbocycles. The Kier molecular flexibility index (Phi) is 3.29. The minimum atomic E-state index is -0.267. The lowest BCUT2D eigenvalue weighted by Crippen LogP contribution is -2.43. The molecule has 82 valence electrons. The number of rotatable bonds is 3. The highest BCUT2D eigenvalue weighted by molar-refractivity contribution is 5.92. The molecule has 1 rings (SSSR count). The molecule has 1 aromatic rings. The Labute approximate surface area is 88.7 Å². The molecule has 1 aromatic heterocycles. The number of H-pyrrole nitrogens is 1. The van der Waals surface area contributed by atoms with E-state index in [0.717, 1.165) is 6.42 Å². The van der Waals surface area contributed by atoms with Crippen molar-refractivity contribution in [3.8, 4) is 0 Å². The first-order chi connectivity index (χ1) is 6.94. The van der Waals surface area contributed by atoms with Gasteiger partial charge in [0.25, 0.3) is 5.91 Å². The third-order valence-corrected chi connectivity index (χ3v) is 2.35. The van der Waals surface area contributed by atoms with Gasteiger partial charge in [0.15, 0.2) is 0 Å². The van der Waals surface area contributed by atoms with Gasteiger partial charge < -0.3 is 10.3 Å². The van der Waals surface area contributed by atoms with Crippen LogP contribution >= 0.6 is 0 Å². The number of aromatic nitrogens is 1. The first-order valence-corrected chi connectivity index (χ1v) is 4.96. The molecular formula is C11H16N2O2. The summed E-state index contributed by atoms with van der Waals surface area (Å²) in [5.41, 5.74) is -0.231. The van der Waals surface area contributed by atoms with Gasteiger partial charge in [0.05, 0.1) is 0 Å². The van der Waals surface area contributed by atoms with Gasteiger partial charge in [-0.25, -0.2) is 0 Å². The lowest BCUT2D eigenvalue weighted by atomic mass is 10.0. The molecule has 1 amide bonds. The van der Waals surface area contributed by atoms with Gasteiger partial charge in [-0.3, -0.25) is 9.59 Å². The van der Waals surface area contributed by atoms with E-state index >= 15 is 0 Å². The van der Waals surface area contributed by atoms with Crippen molar-refractivity contribution in [3.63, 3.8) is 0 Å². The maximum Gasteiger partial charge on any atom is 0.268 e. The fourth-order valence-corrected chi connectivity index (χ4v) is 1.04. The summed E-state index contributed by atoms with van der Waals surface area (Å²) >= 11 is 0. The van der Waals surface area contributed by atoms with Crippen molar-refractivity contribution >= 4 is 5.91 Å². The van der Waals surface area contributed by atoms with Gasteiger partial charge in [0.1, 0.15) is 5.69 Å². The van der Waals surface area contributed by atoms with Crippen molar-refractivity contribution < 1.29 is 4.79 Å². The standard InChI is InChI=1S/C11H16N2O2/c1-4-11(2,3)13-10(15)8-6-5-7-9(14)12-8/h5-7H,4H2,1-3H3,(H,12,14)(H,13,15). The predicted octanol–water partition coefficient (Wildman–Crippen LogP) is 1.29. The van der Waals surface area contributed by atoms with Gasteiger partial charge in [-0.15, -0.1) is 0 Å². The van der Waals surface area contributed by atoms with Crippen LogP contribution in [0.25, 0.3) is 0 Å². The van der Waals surface area contributed by atoms with Crippen LogP contribution in [0, 0.1) is 0 Å². The SMILES string of the molecule is CCC(C)(C)NC(=O)c1cccc(=O)[nH]1. The van der Waals surface area contributed by atoms with E-state index in [1.165, 1.54) is 6.07 Å². The van der Waals surface area contributed by atoms with Crippen molar-refractivity contribution in [2.75, 3.05) is 0 Å². The number of hydrogen-bond acceptors (Lipinski definition) is 2. The van der Waals surface area contributed by atoms with E-state index in [9.17, 15) is 9.59 Å². The van der Waals surface area contributed by atoms with Crippen LogP contribution in [0.2, 0.25) is 0 Å². The summed E-state index contributed by atoms with van der Waals surface area (Å²) in [6.45, 7) is 5.87. The summed E-state index contributed by atoms with van der Waals surface area (Å²) in [5.74, 6) is -0.250. The van der Waals surface area contributed by atoms with Crippen LogP contribution in [-0.4, -0.2) is 16.4 Å². The molecule has 0 saturated heterocycles. The average molecular weight is 208 g/mol. The predicted molar refractivity (Wildman–Crippen MR) is 58.9 cm³/mol. The zero-order chi connectivity index (χ0) is 11.5. The number of carbonyl (C=O) groups excluding carboxylic acids is 1. The Morgan fingerprint density at radius 2 is 2.13 bits per heavy atom. The third-order valence-electron chi connectivity index (χ3n) is 2.35. The minimum absolute atomic E-state index is 0.250. The molecule has 0 aliphatic heterocycles. The lowest BCUT2D eigenvalue weighted by molar-refractivity contribution is 0.0906. The van der Waals surface area contributed by atoms with Crippen LogP contribution < -0.4 is 10.9 Å². The second-order valence-electron chi connectivity index (χ2n) is 4.12. The molecule has 0 fully saturated rings. The molecule has 0 saturated carbocycles. The molecule has 15 heavy (non-hydrogen) atoms. The Hall–Kier alpha value is -1.58. The van der Waals surface area contributed by atoms with Crippen LogP contribution in [0.5, 0.6) is 0 Å².